The van der Waals surface area contributed by atoms with Gasteiger partial charge in [-0.1, -0.05) is 36.4 Å². The van der Waals surface area contributed by atoms with E-state index >= 15 is 0 Å². The zero-order valence-electron chi connectivity index (χ0n) is 19.0. The van der Waals surface area contributed by atoms with Gasteiger partial charge in [0.25, 0.3) is 5.91 Å². The smallest absolute Gasteiger partial charge is 0.328 e. The molecule has 2 aromatic carbocycles. The molecule has 0 aliphatic carbocycles. The van der Waals surface area contributed by atoms with Crippen molar-refractivity contribution in [2.75, 3.05) is 32.8 Å². The number of carbonyl (C=O) groups is 3. The highest BCUT2D eigenvalue weighted by Gasteiger charge is 2.30. The van der Waals surface area contributed by atoms with Gasteiger partial charge in [0.2, 0.25) is 0 Å². The van der Waals surface area contributed by atoms with Crippen molar-refractivity contribution in [1.82, 2.24) is 9.80 Å². The molecule has 2 aliphatic heterocycles. The van der Waals surface area contributed by atoms with E-state index in [-0.39, 0.29) is 5.91 Å². The largest absolute Gasteiger partial charge is 0.492 e. The van der Waals surface area contributed by atoms with E-state index in [0.717, 1.165) is 63.5 Å². The Bertz CT molecular complexity index is 983. The average Bonchev–Trinajstić information content (AvgIpc) is 3.15. The first-order valence-electron chi connectivity index (χ1n) is 11.3. The van der Waals surface area contributed by atoms with Crippen LogP contribution in [0.2, 0.25) is 0 Å². The first kappa shape index (κ1) is 25.0. The SMILES string of the molecule is O=C(O)C=CC(=O)O.O=C1c2ccccc2CN1CC1CCN(CCOc2ccccc2)CC1. The number of ether oxygens (including phenoxy) is 1. The van der Waals surface area contributed by atoms with Gasteiger partial charge in [0.05, 0.1) is 0 Å². The summed E-state index contributed by atoms with van der Waals surface area (Å²) < 4.78 is 5.80. The number of benzene rings is 2. The molecule has 8 nitrogen and oxygen atoms in total. The lowest BCUT2D eigenvalue weighted by Crippen LogP contribution is -2.40. The molecule has 8 heteroatoms. The second kappa shape index (κ2) is 12.6. The Balaban J connectivity index is 0.000000350. The maximum atomic E-state index is 12.5. The number of piperidine rings is 1. The fraction of sp³-hybridized carbons (Fsp3) is 0.346. The van der Waals surface area contributed by atoms with Crippen LogP contribution >= 0.6 is 0 Å². The number of carboxylic acid groups (broad SMARTS) is 2. The Hall–Kier alpha value is -3.65. The van der Waals surface area contributed by atoms with Crippen LogP contribution in [0.3, 0.4) is 0 Å². The fourth-order valence-corrected chi connectivity index (χ4v) is 4.12. The molecule has 0 saturated carbocycles. The quantitative estimate of drug-likeness (QED) is 0.576. The first-order chi connectivity index (χ1) is 16.4. The Labute approximate surface area is 199 Å². The van der Waals surface area contributed by atoms with Crippen LogP contribution in [0.1, 0.15) is 28.8 Å². The molecule has 0 bridgehead atoms. The average molecular weight is 467 g/mol. The van der Waals surface area contributed by atoms with E-state index in [1.54, 1.807) is 0 Å². The van der Waals surface area contributed by atoms with Crippen molar-refractivity contribution in [2.45, 2.75) is 19.4 Å². The third-order valence-corrected chi connectivity index (χ3v) is 5.87. The zero-order valence-corrected chi connectivity index (χ0v) is 19.0. The van der Waals surface area contributed by atoms with Gasteiger partial charge in [-0.15, -0.1) is 0 Å². The van der Waals surface area contributed by atoms with Gasteiger partial charge in [-0.2, -0.15) is 0 Å². The molecule has 4 rings (SSSR count). The van der Waals surface area contributed by atoms with Crippen molar-refractivity contribution in [3.8, 4) is 5.75 Å². The van der Waals surface area contributed by atoms with Gasteiger partial charge in [-0.05, 0) is 55.6 Å². The van der Waals surface area contributed by atoms with E-state index in [0.29, 0.717) is 18.1 Å². The Morgan fingerprint density at radius 3 is 2.18 bits per heavy atom. The van der Waals surface area contributed by atoms with Gasteiger partial charge >= 0.3 is 11.9 Å². The second-order valence-corrected chi connectivity index (χ2v) is 8.30. The van der Waals surface area contributed by atoms with Gasteiger partial charge in [0.15, 0.2) is 0 Å². The summed E-state index contributed by atoms with van der Waals surface area (Å²) in [5.74, 6) is -0.756. The van der Waals surface area contributed by atoms with Gasteiger partial charge < -0.3 is 19.8 Å². The number of carboxylic acids is 2. The number of likely N-dealkylation sites (tertiary alicyclic amines) is 1. The number of rotatable bonds is 8. The predicted molar refractivity (Wildman–Crippen MR) is 127 cm³/mol. The zero-order chi connectivity index (χ0) is 24.3. The molecule has 1 saturated heterocycles. The van der Waals surface area contributed by atoms with Crippen molar-refractivity contribution in [2.24, 2.45) is 5.92 Å². The third-order valence-electron chi connectivity index (χ3n) is 5.87. The minimum atomic E-state index is -1.26. The topological polar surface area (TPSA) is 107 Å². The molecule has 2 heterocycles. The summed E-state index contributed by atoms with van der Waals surface area (Å²) in [6.07, 6.45) is 3.43. The molecule has 0 unspecified atom stereocenters. The van der Waals surface area contributed by atoms with E-state index in [9.17, 15) is 14.4 Å². The summed E-state index contributed by atoms with van der Waals surface area (Å²) in [6.45, 7) is 5.56. The standard InChI is InChI=1S/C22H26N2O2.C4H4O4/c25-22-21-9-5-4-6-19(21)17-24(22)16-18-10-12-23(13-11-18)14-15-26-20-7-2-1-3-8-20;5-3(6)1-2-4(7)8/h1-9,18H,10-17H2;1-2H,(H,5,6)(H,7,8). The molecule has 0 aromatic heterocycles. The minimum absolute atomic E-state index is 0.208. The molecular weight excluding hydrogens is 436 g/mol. The Kier molecular flexibility index (Phi) is 9.22. The molecule has 34 heavy (non-hydrogen) atoms. The molecule has 0 spiro atoms. The number of fused-ring (bicyclic) bond motifs is 1. The van der Waals surface area contributed by atoms with Crippen LogP contribution in [0.5, 0.6) is 5.75 Å². The van der Waals surface area contributed by atoms with Gasteiger partial charge in [0.1, 0.15) is 12.4 Å². The van der Waals surface area contributed by atoms with E-state index < -0.39 is 11.9 Å². The van der Waals surface area contributed by atoms with E-state index in [4.69, 9.17) is 14.9 Å². The molecule has 1 fully saturated rings. The van der Waals surface area contributed by atoms with Crippen molar-refractivity contribution < 1.29 is 29.3 Å². The van der Waals surface area contributed by atoms with Crippen LogP contribution < -0.4 is 4.74 Å². The van der Waals surface area contributed by atoms with Crippen LogP contribution in [-0.4, -0.2) is 70.6 Å². The van der Waals surface area contributed by atoms with Crippen LogP contribution in [-0.2, 0) is 16.1 Å². The molecule has 0 radical (unpaired) electrons. The van der Waals surface area contributed by atoms with Crippen LogP contribution in [0.4, 0.5) is 0 Å². The molecule has 2 aliphatic rings. The number of aliphatic carboxylic acids is 2. The van der Waals surface area contributed by atoms with Crippen molar-refractivity contribution in [3.05, 3.63) is 77.9 Å². The molecule has 2 N–H and O–H groups in total. The van der Waals surface area contributed by atoms with E-state index in [2.05, 4.69) is 11.0 Å². The maximum Gasteiger partial charge on any atom is 0.328 e. The Morgan fingerprint density at radius 2 is 1.56 bits per heavy atom. The summed E-state index contributed by atoms with van der Waals surface area (Å²) >= 11 is 0. The number of carbonyl (C=O) groups excluding carboxylic acids is 1. The first-order valence-corrected chi connectivity index (χ1v) is 11.3. The van der Waals surface area contributed by atoms with Gasteiger partial charge in [-0.3, -0.25) is 9.69 Å². The molecule has 180 valence electrons. The molecular formula is C26H30N2O6. The van der Waals surface area contributed by atoms with E-state index in [1.165, 1.54) is 5.56 Å². The number of amides is 1. The highest BCUT2D eigenvalue weighted by Crippen LogP contribution is 2.26. The highest BCUT2D eigenvalue weighted by atomic mass is 16.5. The minimum Gasteiger partial charge on any atom is -0.492 e. The van der Waals surface area contributed by atoms with Crippen molar-refractivity contribution >= 4 is 17.8 Å². The van der Waals surface area contributed by atoms with Gasteiger partial charge in [-0.25, -0.2) is 9.59 Å². The second-order valence-electron chi connectivity index (χ2n) is 8.30. The lowest BCUT2D eigenvalue weighted by molar-refractivity contribution is -0.134. The molecule has 2 aromatic rings. The van der Waals surface area contributed by atoms with Crippen LogP contribution in [0.15, 0.2) is 66.7 Å². The highest BCUT2D eigenvalue weighted by molar-refractivity contribution is 5.98. The fourth-order valence-electron chi connectivity index (χ4n) is 4.12. The number of nitrogens with zero attached hydrogens (tertiary/aromatic N) is 2. The maximum absolute atomic E-state index is 12.5. The summed E-state index contributed by atoms with van der Waals surface area (Å²) in [5, 5.41) is 15.6. The van der Waals surface area contributed by atoms with Crippen molar-refractivity contribution in [3.63, 3.8) is 0 Å². The monoisotopic (exact) mass is 466 g/mol. The summed E-state index contributed by atoms with van der Waals surface area (Å²) in [5.41, 5.74) is 2.07. The number of hydrogen-bond donors (Lipinski definition) is 2. The lowest BCUT2D eigenvalue weighted by Gasteiger charge is -2.33. The van der Waals surface area contributed by atoms with Crippen LogP contribution in [0.25, 0.3) is 0 Å². The normalized spacial score (nSPS) is 16.1. The Morgan fingerprint density at radius 1 is 0.941 bits per heavy atom. The number of para-hydroxylation sites is 1. The van der Waals surface area contributed by atoms with Crippen LogP contribution in [0, 0.1) is 5.92 Å². The number of hydrogen-bond acceptors (Lipinski definition) is 5. The third kappa shape index (κ3) is 7.74. The van der Waals surface area contributed by atoms with E-state index in [1.807, 2.05) is 53.4 Å². The molecule has 0 atom stereocenters. The van der Waals surface area contributed by atoms with Crippen molar-refractivity contribution in [1.29, 1.82) is 0 Å². The summed E-state index contributed by atoms with van der Waals surface area (Å²) in [6, 6.07) is 18.0. The summed E-state index contributed by atoms with van der Waals surface area (Å²) in [4.78, 5) is 36.1. The molecule has 1 amide bonds. The lowest BCUT2D eigenvalue weighted by atomic mass is 9.96. The summed E-state index contributed by atoms with van der Waals surface area (Å²) in [7, 11) is 0. The predicted octanol–water partition coefficient (Wildman–Crippen LogP) is 3.15. The van der Waals surface area contributed by atoms with Gasteiger partial charge in [0, 0.05) is 37.3 Å².